The van der Waals surface area contributed by atoms with E-state index < -0.39 is 0 Å². The summed E-state index contributed by atoms with van der Waals surface area (Å²) in [6.07, 6.45) is 5.94. The Bertz CT molecular complexity index is 1440. The molecule has 1 atom stereocenters. The highest BCUT2D eigenvalue weighted by Gasteiger charge is 2.30. The first-order valence-corrected chi connectivity index (χ1v) is 12.9. The number of nitrogens with one attached hydrogen (secondary N) is 1. The third kappa shape index (κ3) is 4.33. The second-order valence-corrected chi connectivity index (χ2v) is 10.6. The van der Waals surface area contributed by atoms with E-state index in [1.165, 1.54) is 0 Å². The summed E-state index contributed by atoms with van der Waals surface area (Å²) in [5.41, 5.74) is 4.65. The zero-order valence-electron chi connectivity index (χ0n) is 19.8. The predicted octanol–water partition coefficient (Wildman–Crippen LogP) is 5.76. The molecule has 1 N–H and O–H groups in total. The molecule has 1 fully saturated rings. The minimum Gasteiger partial charge on any atom is -0.477 e. The molecular formula is C26H27BrN6O2. The molecule has 3 aromatic heterocycles. The van der Waals surface area contributed by atoms with Gasteiger partial charge < -0.3 is 9.30 Å². The fourth-order valence-corrected chi connectivity index (χ4v) is 5.10. The van der Waals surface area contributed by atoms with Gasteiger partial charge in [0.25, 0.3) is 5.91 Å². The average Bonchev–Trinajstić information content (AvgIpc) is 3.50. The van der Waals surface area contributed by atoms with Gasteiger partial charge in [0, 0.05) is 22.3 Å². The second kappa shape index (κ2) is 8.78. The Labute approximate surface area is 211 Å². The lowest BCUT2D eigenvalue weighted by atomic mass is 10.1. The van der Waals surface area contributed by atoms with E-state index in [1.54, 1.807) is 6.07 Å². The Morgan fingerprint density at radius 1 is 1.14 bits per heavy atom. The minimum atomic E-state index is -0.216. The Morgan fingerprint density at radius 3 is 2.83 bits per heavy atom. The molecule has 2 bridgehead atoms. The monoisotopic (exact) mass is 534 g/mol. The van der Waals surface area contributed by atoms with Crippen molar-refractivity contribution in [3.8, 4) is 17.1 Å². The van der Waals surface area contributed by atoms with E-state index in [-0.39, 0.29) is 5.91 Å². The number of amides is 1. The van der Waals surface area contributed by atoms with Crippen molar-refractivity contribution in [1.29, 1.82) is 0 Å². The molecule has 35 heavy (non-hydrogen) atoms. The highest BCUT2D eigenvalue weighted by Crippen LogP contribution is 2.41. The number of anilines is 1. The van der Waals surface area contributed by atoms with Gasteiger partial charge in [-0.3, -0.25) is 15.1 Å². The van der Waals surface area contributed by atoms with Crippen molar-refractivity contribution in [2.45, 2.75) is 52.1 Å². The fraction of sp³-hybridized carbons (Fsp3) is 0.385. The summed E-state index contributed by atoms with van der Waals surface area (Å²) in [5.74, 6) is 1.47. The SMILES string of the molecule is Cc1cc2cc(n1)-c1cnn(C3CC3)c1OCCC[C@@H](C)Cn1c(nc3cc(Br)ccc31)NC2=O. The predicted molar refractivity (Wildman–Crippen MR) is 138 cm³/mol. The van der Waals surface area contributed by atoms with Crippen LogP contribution in [-0.4, -0.2) is 36.8 Å². The van der Waals surface area contributed by atoms with E-state index in [2.05, 4.69) is 37.8 Å². The van der Waals surface area contributed by atoms with Crippen LogP contribution in [-0.2, 0) is 6.54 Å². The van der Waals surface area contributed by atoms with E-state index in [9.17, 15) is 4.79 Å². The number of imidazole rings is 1. The number of hydrogen-bond donors (Lipinski definition) is 1. The van der Waals surface area contributed by atoms with Gasteiger partial charge in [-0.2, -0.15) is 5.10 Å². The summed E-state index contributed by atoms with van der Waals surface area (Å²) in [6, 6.07) is 10.0. The molecule has 0 radical (unpaired) electrons. The van der Waals surface area contributed by atoms with Crippen LogP contribution >= 0.6 is 15.9 Å². The number of nitrogens with zero attached hydrogens (tertiary/aromatic N) is 5. The van der Waals surface area contributed by atoms with Gasteiger partial charge in [0.2, 0.25) is 11.8 Å². The van der Waals surface area contributed by atoms with Crippen LogP contribution in [0.3, 0.4) is 0 Å². The van der Waals surface area contributed by atoms with Crippen molar-refractivity contribution in [3.05, 3.63) is 52.3 Å². The van der Waals surface area contributed by atoms with E-state index in [0.29, 0.717) is 35.8 Å². The van der Waals surface area contributed by atoms with Crippen LogP contribution in [0.1, 0.15) is 54.7 Å². The van der Waals surface area contributed by atoms with E-state index >= 15 is 0 Å². The van der Waals surface area contributed by atoms with Gasteiger partial charge in [0.15, 0.2) is 0 Å². The summed E-state index contributed by atoms with van der Waals surface area (Å²) in [7, 11) is 0. The maximum Gasteiger partial charge on any atom is 0.258 e. The molecule has 1 aromatic carbocycles. The van der Waals surface area contributed by atoms with Crippen molar-refractivity contribution < 1.29 is 9.53 Å². The maximum absolute atomic E-state index is 13.4. The molecule has 6 rings (SSSR count). The number of carbonyl (C=O) groups excluding carboxylic acids is 1. The quantitative estimate of drug-likeness (QED) is 0.335. The van der Waals surface area contributed by atoms with E-state index in [0.717, 1.165) is 64.9 Å². The first-order chi connectivity index (χ1) is 17.0. The molecule has 1 saturated carbocycles. The summed E-state index contributed by atoms with van der Waals surface area (Å²) in [5, 5.41) is 7.69. The number of pyridine rings is 1. The second-order valence-electron chi connectivity index (χ2n) is 9.65. The summed E-state index contributed by atoms with van der Waals surface area (Å²) in [6.45, 7) is 5.48. The molecule has 4 aromatic rings. The molecule has 0 spiro atoms. The largest absolute Gasteiger partial charge is 0.477 e. The van der Waals surface area contributed by atoms with Crippen molar-refractivity contribution in [2.24, 2.45) is 5.92 Å². The number of hydrogen-bond acceptors (Lipinski definition) is 5. The third-order valence-corrected chi connectivity index (χ3v) is 7.14. The van der Waals surface area contributed by atoms with Gasteiger partial charge in [-0.05, 0) is 68.9 Å². The summed E-state index contributed by atoms with van der Waals surface area (Å²) in [4.78, 5) is 22.9. The average molecular weight is 535 g/mol. The Balaban J connectivity index is 1.45. The smallest absolute Gasteiger partial charge is 0.258 e. The first-order valence-electron chi connectivity index (χ1n) is 12.1. The molecule has 1 aliphatic carbocycles. The lowest BCUT2D eigenvalue weighted by Crippen LogP contribution is -2.18. The van der Waals surface area contributed by atoms with Crippen molar-refractivity contribution >= 4 is 38.8 Å². The summed E-state index contributed by atoms with van der Waals surface area (Å²) >= 11 is 3.53. The number of fused-ring (bicyclic) bond motifs is 7. The highest BCUT2D eigenvalue weighted by atomic mass is 79.9. The first kappa shape index (κ1) is 22.3. The van der Waals surface area contributed by atoms with Crippen molar-refractivity contribution in [3.63, 3.8) is 0 Å². The van der Waals surface area contributed by atoms with Crippen LogP contribution in [0.15, 0.2) is 41.0 Å². The lowest BCUT2D eigenvalue weighted by molar-refractivity contribution is 0.102. The molecule has 0 saturated heterocycles. The van der Waals surface area contributed by atoms with Gasteiger partial charge in [0.1, 0.15) is 0 Å². The van der Waals surface area contributed by atoms with Crippen LogP contribution in [0.5, 0.6) is 5.88 Å². The maximum atomic E-state index is 13.4. The molecule has 9 heteroatoms. The number of rotatable bonds is 1. The van der Waals surface area contributed by atoms with Crippen LogP contribution in [0.2, 0.25) is 0 Å². The zero-order chi connectivity index (χ0) is 24.1. The van der Waals surface area contributed by atoms with Crippen molar-refractivity contribution in [1.82, 2.24) is 24.3 Å². The number of ether oxygens (including phenoxy) is 1. The number of aryl methyl sites for hydroxylation is 1. The molecule has 1 aliphatic heterocycles. The Morgan fingerprint density at radius 2 is 2.00 bits per heavy atom. The lowest BCUT2D eigenvalue weighted by Gasteiger charge is -2.16. The van der Waals surface area contributed by atoms with Gasteiger partial charge in [0.05, 0.1) is 41.1 Å². The standard InChI is InChI=1S/C26H27BrN6O2/c1-15-4-3-9-35-25-20(13-28-33(25)19-6-7-19)21-11-17(10-16(2)29-21)24(34)31-26-30-22-12-18(27)5-8-23(22)32(26)14-15/h5,8,10-13,15,19H,3-4,6-7,9,14H2,1-2H3,(H,30,31,34)/t15-/m1/s1. The van der Waals surface area contributed by atoms with Crippen LogP contribution in [0.25, 0.3) is 22.3 Å². The van der Waals surface area contributed by atoms with Crippen LogP contribution in [0.4, 0.5) is 5.95 Å². The highest BCUT2D eigenvalue weighted by molar-refractivity contribution is 9.10. The molecule has 8 nitrogen and oxygen atoms in total. The molecule has 2 aliphatic rings. The summed E-state index contributed by atoms with van der Waals surface area (Å²) < 4.78 is 11.4. The number of halogens is 1. The van der Waals surface area contributed by atoms with Gasteiger partial charge in [-0.1, -0.05) is 22.9 Å². The van der Waals surface area contributed by atoms with Crippen LogP contribution < -0.4 is 10.1 Å². The van der Waals surface area contributed by atoms with E-state index in [1.807, 2.05) is 42.1 Å². The van der Waals surface area contributed by atoms with Gasteiger partial charge in [-0.25, -0.2) is 9.67 Å². The Kier molecular flexibility index (Phi) is 5.59. The third-order valence-electron chi connectivity index (χ3n) is 6.64. The molecule has 1 amide bonds. The van der Waals surface area contributed by atoms with Gasteiger partial charge >= 0.3 is 0 Å². The zero-order valence-corrected chi connectivity index (χ0v) is 21.4. The topological polar surface area (TPSA) is 86.9 Å². The van der Waals surface area contributed by atoms with E-state index in [4.69, 9.17) is 14.7 Å². The molecule has 4 heterocycles. The molecular weight excluding hydrogens is 508 g/mol. The van der Waals surface area contributed by atoms with Crippen molar-refractivity contribution in [2.75, 3.05) is 11.9 Å². The molecule has 180 valence electrons. The Hall–Kier alpha value is -3.20. The molecule has 0 unspecified atom stereocenters. The van der Waals surface area contributed by atoms with Gasteiger partial charge in [-0.15, -0.1) is 0 Å². The number of benzene rings is 1. The normalized spacial score (nSPS) is 18.7. The van der Waals surface area contributed by atoms with Crippen LogP contribution in [0, 0.1) is 12.8 Å². The fourth-order valence-electron chi connectivity index (χ4n) is 4.75. The number of carbonyl (C=O) groups is 1. The number of aromatic nitrogens is 5. The minimum absolute atomic E-state index is 0.216.